The van der Waals surface area contributed by atoms with E-state index in [2.05, 4.69) is 10.6 Å². The van der Waals surface area contributed by atoms with Crippen LogP contribution < -0.4 is 15.4 Å². The van der Waals surface area contributed by atoms with Gasteiger partial charge in [0.05, 0.1) is 33.1 Å². The highest BCUT2D eigenvalue weighted by Gasteiger charge is 2.16. The summed E-state index contributed by atoms with van der Waals surface area (Å²) in [5.74, 6) is 0.634. The number of thiocarbonyl (C=S) groups is 1. The van der Waals surface area contributed by atoms with Gasteiger partial charge in [0, 0.05) is 11.1 Å². The first-order chi connectivity index (χ1) is 17.4. The summed E-state index contributed by atoms with van der Waals surface area (Å²) in [6.45, 7) is 0. The summed E-state index contributed by atoms with van der Waals surface area (Å²) >= 11 is 19.0. The molecule has 36 heavy (non-hydrogen) atoms. The number of nitrogens with one attached hydrogen (secondary N) is 2. The van der Waals surface area contributed by atoms with Gasteiger partial charge in [-0.3, -0.25) is 10.1 Å². The number of thiazole rings is 1. The van der Waals surface area contributed by atoms with E-state index in [9.17, 15) is 4.79 Å². The molecular weight excluding hydrogens is 537 g/mol. The van der Waals surface area contributed by atoms with Crippen molar-refractivity contribution in [3.05, 3.63) is 88.6 Å². The Kier molecular flexibility index (Phi) is 6.93. The van der Waals surface area contributed by atoms with E-state index in [4.69, 9.17) is 49.6 Å². The van der Waals surface area contributed by atoms with Crippen LogP contribution in [0, 0.1) is 0 Å². The molecule has 1 amide bonds. The van der Waals surface area contributed by atoms with E-state index in [0.717, 1.165) is 20.8 Å². The average Bonchev–Trinajstić information content (AvgIpc) is 3.53. The number of nitrogens with zero attached hydrogens (tertiary/aromatic N) is 1. The van der Waals surface area contributed by atoms with E-state index in [1.807, 2.05) is 42.5 Å². The summed E-state index contributed by atoms with van der Waals surface area (Å²) in [6.07, 6.45) is 0. The molecule has 5 rings (SSSR count). The van der Waals surface area contributed by atoms with Crippen LogP contribution in [0.2, 0.25) is 10.0 Å². The van der Waals surface area contributed by atoms with Gasteiger partial charge in [-0.05, 0) is 72.9 Å². The molecule has 0 spiro atoms. The Balaban J connectivity index is 1.31. The number of ether oxygens (including phenoxy) is 1. The maximum absolute atomic E-state index is 12.7. The molecule has 0 fully saturated rings. The normalized spacial score (nSPS) is 10.9. The number of para-hydroxylation sites is 1. The highest BCUT2D eigenvalue weighted by molar-refractivity contribution is 7.80. The fraction of sp³-hybridized carbons (Fsp3) is 0.0385. The van der Waals surface area contributed by atoms with E-state index in [1.165, 1.54) is 0 Å². The van der Waals surface area contributed by atoms with Gasteiger partial charge in [-0.2, -0.15) is 0 Å². The fourth-order valence-electron chi connectivity index (χ4n) is 3.52. The van der Waals surface area contributed by atoms with E-state index < -0.39 is 5.91 Å². The largest absolute Gasteiger partial charge is 0.495 e. The van der Waals surface area contributed by atoms with Gasteiger partial charge in [0.1, 0.15) is 16.5 Å². The van der Waals surface area contributed by atoms with Crippen molar-refractivity contribution in [2.24, 2.45) is 0 Å². The number of fused-ring (bicyclic) bond motifs is 1. The molecule has 0 bridgehead atoms. The zero-order chi connectivity index (χ0) is 25.2. The van der Waals surface area contributed by atoms with Crippen LogP contribution in [0.1, 0.15) is 10.6 Å². The highest BCUT2D eigenvalue weighted by atomic mass is 35.5. The van der Waals surface area contributed by atoms with Gasteiger partial charge in [-0.1, -0.05) is 35.3 Å². The molecule has 0 atom stereocenters. The monoisotopic (exact) mass is 553 g/mol. The Morgan fingerprint density at radius 1 is 1.00 bits per heavy atom. The molecule has 180 valence electrons. The molecule has 0 aliphatic carbocycles. The number of aromatic nitrogens is 1. The molecule has 5 aromatic rings. The fourth-order valence-corrected chi connectivity index (χ4v) is 4.98. The number of anilines is 1. The lowest BCUT2D eigenvalue weighted by atomic mass is 10.2. The smallest absolute Gasteiger partial charge is 0.293 e. The van der Waals surface area contributed by atoms with Gasteiger partial charge in [0.15, 0.2) is 10.9 Å². The SMILES string of the molecule is COc1ccc(-c2nc3ccccc3s2)cc1NC(=S)NC(=O)c1ccc(-c2ccc(Cl)c(Cl)c2)o1. The number of amides is 1. The molecule has 6 nitrogen and oxygen atoms in total. The lowest BCUT2D eigenvalue weighted by Crippen LogP contribution is -2.34. The summed E-state index contributed by atoms with van der Waals surface area (Å²) in [6, 6.07) is 21.9. The Bertz CT molecular complexity index is 1580. The maximum atomic E-state index is 12.7. The molecular formula is C26H17Cl2N3O3S2. The minimum atomic E-state index is -0.500. The predicted molar refractivity (Wildman–Crippen MR) is 149 cm³/mol. The van der Waals surface area contributed by atoms with E-state index >= 15 is 0 Å². The standard InChI is InChI=1S/C26H17Cl2N3O3S2/c1-33-21-9-7-15(25-29-18-4-2-3-5-23(18)36-25)13-19(21)30-26(35)31-24(32)22-11-10-20(34-22)14-6-8-16(27)17(28)12-14/h2-13H,1H3,(H2,30,31,32,35). The van der Waals surface area contributed by atoms with Crippen LogP contribution in [0.3, 0.4) is 0 Å². The number of carbonyl (C=O) groups is 1. The van der Waals surface area contributed by atoms with Crippen molar-refractivity contribution in [2.75, 3.05) is 12.4 Å². The van der Waals surface area contributed by atoms with Gasteiger partial charge in [0.2, 0.25) is 0 Å². The third-order valence-electron chi connectivity index (χ3n) is 5.25. The summed E-state index contributed by atoms with van der Waals surface area (Å²) in [5, 5.41) is 7.45. The molecule has 0 radical (unpaired) electrons. The molecule has 0 aliphatic rings. The number of hydrogen-bond donors (Lipinski definition) is 2. The van der Waals surface area contributed by atoms with E-state index in [-0.39, 0.29) is 10.9 Å². The van der Waals surface area contributed by atoms with Crippen LogP contribution in [-0.4, -0.2) is 23.1 Å². The number of rotatable bonds is 5. The number of furan rings is 1. The molecule has 3 aromatic carbocycles. The van der Waals surface area contributed by atoms with Crippen molar-refractivity contribution in [1.82, 2.24) is 10.3 Å². The van der Waals surface area contributed by atoms with Crippen molar-refractivity contribution in [2.45, 2.75) is 0 Å². The zero-order valence-corrected chi connectivity index (χ0v) is 21.8. The van der Waals surface area contributed by atoms with Crippen LogP contribution in [0.4, 0.5) is 5.69 Å². The van der Waals surface area contributed by atoms with Crippen molar-refractivity contribution in [3.63, 3.8) is 0 Å². The maximum Gasteiger partial charge on any atom is 0.293 e. The molecule has 2 N–H and O–H groups in total. The summed E-state index contributed by atoms with van der Waals surface area (Å²) in [4.78, 5) is 17.4. The average molecular weight is 554 g/mol. The molecule has 0 aliphatic heterocycles. The van der Waals surface area contributed by atoms with Crippen molar-refractivity contribution >= 4 is 73.7 Å². The van der Waals surface area contributed by atoms with Gasteiger partial charge in [0.25, 0.3) is 5.91 Å². The second-order valence-corrected chi connectivity index (χ2v) is 9.86. The predicted octanol–water partition coefficient (Wildman–Crippen LogP) is 7.67. The molecule has 10 heteroatoms. The van der Waals surface area contributed by atoms with Crippen LogP contribution in [0.15, 0.2) is 77.2 Å². The Morgan fingerprint density at radius 2 is 1.81 bits per heavy atom. The van der Waals surface area contributed by atoms with Gasteiger partial charge in [-0.25, -0.2) is 4.98 Å². The van der Waals surface area contributed by atoms with Crippen molar-refractivity contribution in [3.8, 4) is 27.6 Å². The second kappa shape index (κ2) is 10.3. The van der Waals surface area contributed by atoms with E-state index in [0.29, 0.717) is 32.8 Å². The highest BCUT2D eigenvalue weighted by Crippen LogP contribution is 2.35. The Morgan fingerprint density at radius 3 is 2.58 bits per heavy atom. The number of methoxy groups -OCH3 is 1. The summed E-state index contributed by atoms with van der Waals surface area (Å²) in [5.41, 5.74) is 3.12. The minimum absolute atomic E-state index is 0.0900. The van der Waals surface area contributed by atoms with Crippen LogP contribution in [0.25, 0.3) is 32.1 Å². The first-order valence-electron chi connectivity index (χ1n) is 10.6. The number of benzene rings is 3. The quantitative estimate of drug-likeness (QED) is 0.217. The number of carbonyl (C=O) groups excluding carboxylic acids is 1. The summed E-state index contributed by atoms with van der Waals surface area (Å²) in [7, 11) is 1.56. The number of halogens is 2. The molecule has 0 saturated carbocycles. The van der Waals surface area contributed by atoms with E-state index in [1.54, 1.807) is 48.8 Å². The summed E-state index contributed by atoms with van der Waals surface area (Å²) < 4.78 is 12.3. The second-order valence-electron chi connectivity index (χ2n) is 7.60. The van der Waals surface area contributed by atoms with Crippen molar-refractivity contribution < 1.29 is 13.9 Å². The first kappa shape index (κ1) is 24.3. The molecule has 0 unspecified atom stereocenters. The van der Waals surface area contributed by atoms with Gasteiger partial charge >= 0.3 is 0 Å². The first-order valence-corrected chi connectivity index (χ1v) is 12.6. The van der Waals surface area contributed by atoms with Gasteiger partial charge < -0.3 is 14.5 Å². The lowest BCUT2D eigenvalue weighted by Gasteiger charge is -2.13. The van der Waals surface area contributed by atoms with Crippen LogP contribution in [-0.2, 0) is 0 Å². The van der Waals surface area contributed by atoms with Crippen LogP contribution in [0.5, 0.6) is 5.75 Å². The number of hydrogen-bond acceptors (Lipinski definition) is 6. The Labute approximate surface area is 225 Å². The Hall–Kier alpha value is -3.43. The third kappa shape index (κ3) is 5.08. The zero-order valence-electron chi connectivity index (χ0n) is 18.7. The van der Waals surface area contributed by atoms with Gasteiger partial charge in [-0.15, -0.1) is 11.3 Å². The third-order valence-corrected chi connectivity index (χ3v) is 7.28. The van der Waals surface area contributed by atoms with Crippen molar-refractivity contribution in [1.29, 1.82) is 0 Å². The minimum Gasteiger partial charge on any atom is -0.495 e. The molecule has 2 aromatic heterocycles. The molecule has 0 saturated heterocycles. The van der Waals surface area contributed by atoms with Crippen LogP contribution >= 0.6 is 46.8 Å². The lowest BCUT2D eigenvalue weighted by molar-refractivity contribution is 0.0951. The molecule has 2 heterocycles. The topological polar surface area (TPSA) is 76.4 Å².